The Morgan fingerprint density at radius 2 is 2.05 bits per heavy atom. The molecule has 1 saturated carbocycles. The van der Waals surface area contributed by atoms with Crippen LogP contribution in [0, 0.1) is 5.92 Å². The molecule has 0 aromatic heterocycles. The number of hydrogen-bond donors (Lipinski definition) is 1. The van der Waals surface area contributed by atoms with Crippen LogP contribution < -0.4 is 5.73 Å². The van der Waals surface area contributed by atoms with E-state index in [0.717, 1.165) is 19.2 Å². The summed E-state index contributed by atoms with van der Waals surface area (Å²) < 4.78 is 38.5. The predicted molar refractivity (Wildman–Crippen MR) is 77.8 cm³/mol. The highest BCUT2D eigenvalue weighted by atomic mass is 19.4. The molecule has 1 aliphatic carbocycles. The standard InChI is InChI=1S/C16H23F3N2/c1-2-21(11-12-5-3-6-12)15(10-20)13-7-4-8-14(9-13)16(17,18)19/h4,7-9,12,15H,2-3,5-6,10-11,20H2,1H3. The van der Waals surface area contributed by atoms with E-state index in [0.29, 0.717) is 18.0 Å². The van der Waals surface area contributed by atoms with Crippen LogP contribution in [0.3, 0.4) is 0 Å². The van der Waals surface area contributed by atoms with Crippen LogP contribution in [0.1, 0.15) is 43.4 Å². The van der Waals surface area contributed by atoms with E-state index in [-0.39, 0.29) is 6.04 Å². The van der Waals surface area contributed by atoms with Crippen molar-refractivity contribution in [2.24, 2.45) is 11.7 Å². The van der Waals surface area contributed by atoms with E-state index >= 15 is 0 Å². The number of rotatable bonds is 6. The average molecular weight is 300 g/mol. The van der Waals surface area contributed by atoms with Gasteiger partial charge in [-0.3, -0.25) is 4.90 Å². The summed E-state index contributed by atoms with van der Waals surface area (Å²) in [4.78, 5) is 2.21. The Labute approximate surface area is 124 Å². The Kier molecular flexibility index (Phi) is 5.27. The normalized spacial score (nSPS) is 17.8. The van der Waals surface area contributed by atoms with E-state index in [1.807, 2.05) is 6.92 Å². The molecule has 0 aliphatic heterocycles. The van der Waals surface area contributed by atoms with Crippen LogP contribution in [-0.4, -0.2) is 24.5 Å². The van der Waals surface area contributed by atoms with Crippen LogP contribution in [0.25, 0.3) is 0 Å². The van der Waals surface area contributed by atoms with Gasteiger partial charge in [-0.15, -0.1) is 0 Å². The fraction of sp³-hybridized carbons (Fsp3) is 0.625. The molecule has 5 heteroatoms. The zero-order chi connectivity index (χ0) is 15.5. The van der Waals surface area contributed by atoms with Gasteiger partial charge in [0.1, 0.15) is 0 Å². The predicted octanol–water partition coefficient (Wildman–Crippen LogP) is 3.83. The van der Waals surface area contributed by atoms with Gasteiger partial charge >= 0.3 is 6.18 Å². The summed E-state index contributed by atoms with van der Waals surface area (Å²) in [5.41, 5.74) is 5.91. The molecular formula is C16H23F3N2. The van der Waals surface area contributed by atoms with Gasteiger partial charge in [0.05, 0.1) is 5.56 Å². The Balaban J connectivity index is 2.18. The Bertz CT molecular complexity index is 455. The van der Waals surface area contributed by atoms with Gasteiger partial charge in [-0.25, -0.2) is 0 Å². The van der Waals surface area contributed by atoms with Gasteiger partial charge in [-0.05, 0) is 43.0 Å². The highest BCUT2D eigenvalue weighted by Gasteiger charge is 2.32. The third kappa shape index (κ3) is 3.98. The van der Waals surface area contributed by atoms with E-state index in [2.05, 4.69) is 4.90 Å². The van der Waals surface area contributed by atoms with E-state index < -0.39 is 11.7 Å². The summed E-state index contributed by atoms with van der Waals surface area (Å²) in [7, 11) is 0. The molecule has 0 bridgehead atoms. The number of nitrogens with two attached hydrogens (primary N) is 1. The minimum absolute atomic E-state index is 0.141. The van der Waals surface area contributed by atoms with E-state index in [9.17, 15) is 13.2 Å². The molecule has 0 radical (unpaired) electrons. The molecule has 1 unspecified atom stereocenters. The Morgan fingerprint density at radius 1 is 1.33 bits per heavy atom. The number of likely N-dealkylation sites (N-methyl/N-ethyl adjacent to an activating group) is 1. The minimum atomic E-state index is -4.31. The first-order valence-corrected chi connectivity index (χ1v) is 7.57. The molecule has 1 aromatic rings. The van der Waals surface area contributed by atoms with Crippen molar-refractivity contribution in [2.75, 3.05) is 19.6 Å². The molecule has 118 valence electrons. The Hall–Kier alpha value is -1.07. The zero-order valence-corrected chi connectivity index (χ0v) is 12.4. The maximum absolute atomic E-state index is 12.8. The van der Waals surface area contributed by atoms with Gasteiger partial charge in [-0.1, -0.05) is 25.5 Å². The molecule has 1 fully saturated rings. The molecule has 0 spiro atoms. The number of halogens is 3. The van der Waals surface area contributed by atoms with Gasteiger partial charge in [-0.2, -0.15) is 13.2 Å². The topological polar surface area (TPSA) is 29.3 Å². The second-order valence-corrected chi connectivity index (χ2v) is 5.76. The van der Waals surface area contributed by atoms with Gasteiger partial charge in [0, 0.05) is 19.1 Å². The lowest BCUT2D eigenvalue weighted by atomic mass is 9.84. The van der Waals surface area contributed by atoms with E-state index in [1.54, 1.807) is 6.07 Å². The first-order chi connectivity index (χ1) is 9.95. The van der Waals surface area contributed by atoms with Crippen molar-refractivity contribution in [1.82, 2.24) is 4.90 Å². The number of alkyl halides is 3. The molecule has 21 heavy (non-hydrogen) atoms. The summed E-state index contributed by atoms with van der Waals surface area (Å²) in [5, 5.41) is 0. The van der Waals surface area contributed by atoms with Crippen molar-refractivity contribution in [3.8, 4) is 0 Å². The fourth-order valence-corrected chi connectivity index (χ4v) is 2.90. The lowest BCUT2D eigenvalue weighted by Crippen LogP contribution is -2.38. The lowest BCUT2D eigenvalue weighted by molar-refractivity contribution is -0.137. The summed E-state index contributed by atoms with van der Waals surface area (Å²) in [6.45, 7) is 4.10. The summed E-state index contributed by atoms with van der Waals surface area (Å²) in [5.74, 6) is 0.671. The SMILES string of the molecule is CCN(CC1CCC1)C(CN)c1cccc(C(F)(F)F)c1. The fourth-order valence-electron chi connectivity index (χ4n) is 2.90. The highest BCUT2D eigenvalue weighted by molar-refractivity contribution is 5.28. The summed E-state index contributed by atoms with van der Waals surface area (Å²) in [6, 6.07) is 5.42. The van der Waals surface area contributed by atoms with Crippen molar-refractivity contribution in [3.63, 3.8) is 0 Å². The minimum Gasteiger partial charge on any atom is -0.329 e. The number of hydrogen-bond acceptors (Lipinski definition) is 2. The molecule has 2 nitrogen and oxygen atoms in total. The van der Waals surface area contributed by atoms with E-state index in [4.69, 9.17) is 5.73 Å². The Morgan fingerprint density at radius 3 is 2.52 bits per heavy atom. The number of nitrogens with zero attached hydrogens (tertiary/aromatic N) is 1. The third-order valence-electron chi connectivity index (χ3n) is 4.39. The first-order valence-electron chi connectivity index (χ1n) is 7.57. The van der Waals surface area contributed by atoms with Crippen LogP contribution in [0.5, 0.6) is 0 Å². The molecule has 0 amide bonds. The van der Waals surface area contributed by atoms with Gasteiger partial charge < -0.3 is 5.73 Å². The second kappa shape index (κ2) is 6.79. The smallest absolute Gasteiger partial charge is 0.329 e. The van der Waals surface area contributed by atoms with Crippen LogP contribution in [0.2, 0.25) is 0 Å². The summed E-state index contributed by atoms with van der Waals surface area (Å²) in [6.07, 6.45) is -0.605. The van der Waals surface area contributed by atoms with Crippen molar-refractivity contribution < 1.29 is 13.2 Å². The monoisotopic (exact) mass is 300 g/mol. The second-order valence-electron chi connectivity index (χ2n) is 5.76. The molecule has 1 aromatic carbocycles. The van der Waals surface area contributed by atoms with Crippen LogP contribution in [-0.2, 0) is 6.18 Å². The third-order valence-corrected chi connectivity index (χ3v) is 4.39. The molecule has 1 aliphatic rings. The largest absolute Gasteiger partial charge is 0.416 e. The number of benzene rings is 1. The molecule has 0 heterocycles. The van der Waals surface area contributed by atoms with Crippen molar-refractivity contribution >= 4 is 0 Å². The van der Waals surface area contributed by atoms with Crippen molar-refractivity contribution in [1.29, 1.82) is 0 Å². The molecule has 1 atom stereocenters. The molecular weight excluding hydrogens is 277 g/mol. The van der Waals surface area contributed by atoms with Crippen molar-refractivity contribution in [3.05, 3.63) is 35.4 Å². The van der Waals surface area contributed by atoms with Crippen molar-refractivity contribution in [2.45, 2.75) is 38.4 Å². The molecule has 2 rings (SSSR count). The molecule has 0 saturated heterocycles. The van der Waals surface area contributed by atoms with Crippen LogP contribution >= 0.6 is 0 Å². The van der Waals surface area contributed by atoms with Gasteiger partial charge in [0.2, 0.25) is 0 Å². The average Bonchev–Trinajstić information content (AvgIpc) is 2.40. The van der Waals surface area contributed by atoms with Gasteiger partial charge in [0.15, 0.2) is 0 Å². The van der Waals surface area contributed by atoms with Crippen LogP contribution in [0.15, 0.2) is 24.3 Å². The lowest BCUT2D eigenvalue weighted by Gasteiger charge is -2.36. The quantitative estimate of drug-likeness (QED) is 0.865. The van der Waals surface area contributed by atoms with E-state index in [1.165, 1.54) is 31.4 Å². The zero-order valence-electron chi connectivity index (χ0n) is 12.4. The maximum Gasteiger partial charge on any atom is 0.416 e. The first kappa shape index (κ1) is 16.3. The van der Waals surface area contributed by atoms with Crippen LogP contribution in [0.4, 0.5) is 13.2 Å². The van der Waals surface area contributed by atoms with Gasteiger partial charge in [0.25, 0.3) is 0 Å². The molecule has 2 N–H and O–H groups in total. The highest BCUT2D eigenvalue weighted by Crippen LogP contribution is 2.33. The maximum atomic E-state index is 12.8. The summed E-state index contributed by atoms with van der Waals surface area (Å²) >= 11 is 0.